The van der Waals surface area contributed by atoms with Crippen molar-refractivity contribution in [3.8, 4) is 33.4 Å². The van der Waals surface area contributed by atoms with E-state index < -0.39 is 0 Å². The fourth-order valence-electron chi connectivity index (χ4n) is 6.78. The van der Waals surface area contributed by atoms with Gasteiger partial charge in [0.05, 0.1) is 0 Å². The van der Waals surface area contributed by atoms with Gasteiger partial charge in [-0.2, -0.15) is 0 Å². The second-order valence-corrected chi connectivity index (χ2v) is 12.1. The van der Waals surface area contributed by atoms with E-state index in [1.807, 2.05) is 91.0 Å². The van der Waals surface area contributed by atoms with Crippen molar-refractivity contribution in [2.24, 2.45) is 10.7 Å². The summed E-state index contributed by atoms with van der Waals surface area (Å²) in [4.78, 5) is 4.57. The highest BCUT2D eigenvalue weighted by atomic mass is 16.3. The molecule has 0 bridgehead atoms. The Morgan fingerprint density at radius 2 is 1.08 bits per heavy atom. The van der Waals surface area contributed by atoms with Crippen LogP contribution in [0.5, 0.6) is 0 Å². The third-order valence-corrected chi connectivity index (χ3v) is 9.17. The zero-order chi connectivity index (χ0) is 32.9. The largest absolute Gasteiger partial charge is 0.456 e. The number of aliphatic imine (C=N–C) groups is 1. The monoisotopic (exact) mass is 631 g/mol. The van der Waals surface area contributed by atoms with E-state index in [1.165, 1.54) is 0 Å². The van der Waals surface area contributed by atoms with Crippen molar-refractivity contribution < 1.29 is 8.83 Å². The van der Waals surface area contributed by atoms with Crippen molar-refractivity contribution in [2.75, 3.05) is 0 Å². The molecule has 0 aliphatic rings. The Kier molecular flexibility index (Phi) is 6.69. The number of nitrogens with one attached hydrogen (secondary N) is 1. The summed E-state index contributed by atoms with van der Waals surface area (Å²) >= 11 is 0. The molecule has 0 aliphatic heterocycles. The first kappa shape index (κ1) is 28.5. The van der Waals surface area contributed by atoms with Crippen molar-refractivity contribution in [3.05, 3.63) is 169 Å². The van der Waals surface area contributed by atoms with E-state index in [0.29, 0.717) is 11.1 Å². The van der Waals surface area contributed by atoms with Crippen LogP contribution in [0.4, 0.5) is 0 Å². The van der Waals surface area contributed by atoms with E-state index in [-0.39, 0.29) is 11.7 Å². The minimum atomic E-state index is 0.0922. The first-order valence-electron chi connectivity index (χ1n) is 16.2. The van der Waals surface area contributed by atoms with Gasteiger partial charge >= 0.3 is 0 Å². The maximum atomic E-state index is 8.78. The van der Waals surface area contributed by atoms with Crippen LogP contribution in [-0.2, 0) is 0 Å². The lowest BCUT2D eigenvalue weighted by atomic mass is 9.93. The molecule has 0 saturated carbocycles. The molecule has 2 heterocycles. The fraction of sp³-hybridized carbons (Fsp3) is 0. The average Bonchev–Trinajstić information content (AvgIpc) is 3.73. The van der Waals surface area contributed by atoms with Crippen molar-refractivity contribution in [1.82, 2.24) is 0 Å². The topological polar surface area (TPSA) is 88.5 Å². The minimum absolute atomic E-state index is 0.0922. The normalized spacial score (nSPS) is 12.0. The van der Waals surface area contributed by atoms with Gasteiger partial charge in [0.15, 0.2) is 5.84 Å². The van der Waals surface area contributed by atoms with E-state index in [1.54, 1.807) is 0 Å². The SMILES string of the molecule is N=C(N=C(N)c1cccc2oc3ccc(-c4cc(-c5ccccc5)cc5oc6ccccc6c45)cc3c12)c1ccc(-c2ccccc2)cc1. The number of rotatable bonds is 5. The van der Waals surface area contributed by atoms with Gasteiger partial charge in [0, 0.05) is 32.7 Å². The number of nitrogens with zero attached hydrogens (tertiary/aromatic N) is 1. The second-order valence-electron chi connectivity index (χ2n) is 12.1. The van der Waals surface area contributed by atoms with E-state index in [0.717, 1.165) is 77.2 Å². The Hall–Kier alpha value is -6.72. The minimum Gasteiger partial charge on any atom is -0.456 e. The predicted molar refractivity (Wildman–Crippen MR) is 201 cm³/mol. The third-order valence-electron chi connectivity index (χ3n) is 9.17. The van der Waals surface area contributed by atoms with Gasteiger partial charge in [0.2, 0.25) is 0 Å². The second kappa shape index (κ2) is 11.5. The number of fused-ring (bicyclic) bond motifs is 6. The third kappa shape index (κ3) is 4.96. The number of benzene rings is 7. The Balaban J connectivity index is 1.17. The Bertz CT molecular complexity index is 2720. The van der Waals surface area contributed by atoms with Gasteiger partial charge in [-0.3, -0.25) is 5.41 Å². The summed E-state index contributed by atoms with van der Waals surface area (Å²) in [5, 5.41) is 12.7. The van der Waals surface area contributed by atoms with Gasteiger partial charge in [0.1, 0.15) is 28.2 Å². The molecular formula is C44H29N3O2. The molecule has 2 aromatic heterocycles. The summed E-state index contributed by atoms with van der Waals surface area (Å²) in [6.45, 7) is 0. The molecule has 0 unspecified atom stereocenters. The molecule has 0 radical (unpaired) electrons. The summed E-state index contributed by atoms with van der Waals surface area (Å²) in [5.41, 5.74) is 17.7. The summed E-state index contributed by atoms with van der Waals surface area (Å²) in [7, 11) is 0. The fourth-order valence-corrected chi connectivity index (χ4v) is 6.78. The highest BCUT2D eigenvalue weighted by Gasteiger charge is 2.19. The molecular weight excluding hydrogens is 603 g/mol. The van der Waals surface area contributed by atoms with Crippen molar-refractivity contribution in [1.29, 1.82) is 5.41 Å². The Morgan fingerprint density at radius 3 is 1.86 bits per heavy atom. The van der Waals surface area contributed by atoms with Crippen LogP contribution in [0.25, 0.3) is 77.3 Å². The standard InChI is InChI=1S/C44H29N3O2/c45-43(30-20-18-29(19-21-30)27-10-3-1-4-11-27)47-44(46)34-15-9-17-39-42(34)36-24-31(22-23-38(36)48-39)35-25-32(28-12-5-2-6-13-28)26-40-41(35)33-14-7-8-16-37(33)49-40/h1-26H,(H3,45,46,47). The molecule has 9 rings (SSSR count). The van der Waals surface area contributed by atoms with E-state index >= 15 is 0 Å². The van der Waals surface area contributed by atoms with Gasteiger partial charge in [0.25, 0.3) is 0 Å². The molecule has 0 amide bonds. The molecule has 9 aromatic rings. The van der Waals surface area contributed by atoms with E-state index in [9.17, 15) is 0 Å². The molecule has 5 heteroatoms. The number of para-hydroxylation sites is 1. The van der Waals surface area contributed by atoms with E-state index in [2.05, 4.69) is 71.7 Å². The van der Waals surface area contributed by atoms with Crippen molar-refractivity contribution in [3.63, 3.8) is 0 Å². The maximum absolute atomic E-state index is 8.78. The average molecular weight is 632 g/mol. The number of nitrogens with two attached hydrogens (primary N) is 1. The summed E-state index contributed by atoms with van der Waals surface area (Å²) in [5.74, 6) is 0.347. The number of amidine groups is 2. The summed E-state index contributed by atoms with van der Waals surface area (Å²) in [6, 6.07) is 52.9. The first-order valence-corrected chi connectivity index (χ1v) is 16.2. The molecule has 232 valence electrons. The quantitative estimate of drug-likeness (QED) is 0.146. The first-order chi connectivity index (χ1) is 24.1. The summed E-state index contributed by atoms with van der Waals surface area (Å²) in [6.07, 6.45) is 0. The van der Waals surface area contributed by atoms with Crippen LogP contribution in [0.3, 0.4) is 0 Å². The van der Waals surface area contributed by atoms with Crippen LogP contribution in [0.1, 0.15) is 11.1 Å². The number of hydrogen-bond acceptors (Lipinski definition) is 3. The van der Waals surface area contributed by atoms with Gasteiger partial charge < -0.3 is 14.6 Å². The Labute approximate surface area is 282 Å². The summed E-state index contributed by atoms with van der Waals surface area (Å²) < 4.78 is 12.7. The predicted octanol–water partition coefficient (Wildman–Crippen LogP) is 11.2. The van der Waals surface area contributed by atoms with Crippen molar-refractivity contribution in [2.45, 2.75) is 0 Å². The van der Waals surface area contributed by atoms with E-state index in [4.69, 9.17) is 20.0 Å². The Morgan fingerprint density at radius 1 is 0.469 bits per heavy atom. The van der Waals surface area contributed by atoms with Gasteiger partial charge in [-0.1, -0.05) is 121 Å². The lowest BCUT2D eigenvalue weighted by molar-refractivity contribution is 0.669. The van der Waals surface area contributed by atoms with Crippen LogP contribution in [0.15, 0.2) is 172 Å². The molecule has 3 N–H and O–H groups in total. The molecule has 5 nitrogen and oxygen atoms in total. The van der Waals surface area contributed by atoms with Crippen LogP contribution in [0.2, 0.25) is 0 Å². The zero-order valence-corrected chi connectivity index (χ0v) is 26.4. The molecule has 49 heavy (non-hydrogen) atoms. The highest BCUT2D eigenvalue weighted by molar-refractivity contribution is 6.21. The van der Waals surface area contributed by atoms with Crippen LogP contribution < -0.4 is 5.73 Å². The number of furan rings is 2. The smallest absolute Gasteiger partial charge is 0.154 e. The lowest BCUT2D eigenvalue weighted by Crippen LogP contribution is -2.16. The molecule has 0 spiro atoms. The van der Waals surface area contributed by atoms with Crippen LogP contribution >= 0.6 is 0 Å². The highest BCUT2D eigenvalue weighted by Crippen LogP contribution is 2.42. The van der Waals surface area contributed by atoms with Gasteiger partial charge in [-0.15, -0.1) is 0 Å². The molecule has 0 aliphatic carbocycles. The lowest BCUT2D eigenvalue weighted by Gasteiger charge is -2.09. The molecule has 7 aromatic carbocycles. The van der Waals surface area contributed by atoms with Crippen molar-refractivity contribution >= 4 is 55.5 Å². The number of hydrogen-bond donors (Lipinski definition) is 2. The molecule has 0 fully saturated rings. The zero-order valence-electron chi connectivity index (χ0n) is 26.4. The molecule has 0 atom stereocenters. The van der Waals surface area contributed by atoms with Gasteiger partial charge in [-0.05, 0) is 69.8 Å². The van der Waals surface area contributed by atoms with Crippen LogP contribution in [0, 0.1) is 5.41 Å². The van der Waals surface area contributed by atoms with Gasteiger partial charge in [-0.25, -0.2) is 4.99 Å². The van der Waals surface area contributed by atoms with Crippen LogP contribution in [-0.4, -0.2) is 11.7 Å². The molecule has 0 saturated heterocycles. The maximum Gasteiger partial charge on any atom is 0.154 e.